The average Bonchev–Trinajstić information content (AvgIpc) is 2.50. The number of methoxy groups -OCH3 is 1. The van der Waals surface area contributed by atoms with E-state index in [4.69, 9.17) is 4.74 Å². The number of rotatable bonds is 9. The molecule has 1 atom stereocenters. The first kappa shape index (κ1) is 20.2. The van der Waals surface area contributed by atoms with Gasteiger partial charge in [-0.25, -0.2) is 0 Å². The van der Waals surface area contributed by atoms with Gasteiger partial charge in [0.05, 0.1) is 19.1 Å². The van der Waals surface area contributed by atoms with Crippen molar-refractivity contribution in [3.05, 3.63) is 35.4 Å². The maximum absolute atomic E-state index is 12.7. The predicted molar refractivity (Wildman–Crippen MR) is 95.6 cm³/mol. The molecule has 2 amide bonds. The van der Waals surface area contributed by atoms with E-state index < -0.39 is 0 Å². The van der Waals surface area contributed by atoms with E-state index in [1.807, 2.05) is 36.1 Å². The summed E-state index contributed by atoms with van der Waals surface area (Å²) in [6.07, 6.45) is 0.249. The number of benzene rings is 1. The predicted octanol–water partition coefficient (Wildman–Crippen LogP) is 2.69. The van der Waals surface area contributed by atoms with Gasteiger partial charge in [-0.1, -0.05) is 43.7 Å². The summed E-state index contributed by atoms with van der Waals surface area (Å²) < 4.78 is 5.11. The maximum Gasteiger partial charge on any atom is 0.225 e. The molecule has 5 heteroatoms. The van der Waals surface area contributed by atoms with Gasteiger partial charge in [0.2, 0.25) is 11.8 Å². The molecule has 0 spiro atoms. The van der Waals surface area contributed by atoms with E-state index in [1.54, 1.807) is 7.11 Å². The summed E-state index contributed by atoms with van der Waals surface area (Å²) in [5, 5.41) is 2.89. The number of carbonyl (C=O) groups is 2. The van der Waals surface area contributed by atoms with E-state index in [0.717, 1.165) is 11.1 Å². The highest BCUT2D eigenvalue weighted by molar-refractivity contribution is 5.79. The van der Waals surface area contributed by atoms with Crippen molar-refractivity contribution in [3.63, 3.8) is 0 Å². The van der Waals surface area contributed by atoms with Gasteiger partial charge in [0, 0.05) is 27.1 Å². The first-order chi connectivity index (χ1) is 11.3. The van der Waals surface area contributed by atoms with Crippen molar-refractivity contribution in [2.24, 2.45) is 5.92 Å². The molecule has 0 fully saturated rings. The molecule has 0 aliphatic rings. The van der Waals surface area contributed by atoms with E-state index in [2.05, 4.69) is 19.2 Å². The number of carbonyl (C=O) groups excluding carboxylic acids is 2. The summed E-state index contributed by atoms with van der Waals surface area (Å²) in [4.78, 5) is 26.1. The standard InChI is InChI=1S/C19H30N2O3/c1-14(2)13-21(10-11-24-5)19(23)12-18(20-16(4)22)17-8-6-15(3)7-9-17/h6-9,14,18H,10-13H2,1-5H3,(H,20,22). The summed E-state index contributed by atoms with van der Waals surface area (Å²) in [7, 11) is 1.63. The number of aryl methyl sites for hydroxylation is 1. The van der Waals surface area contributed by atoms with Gasteiger partial charge >= 0.3 is 0 Å². The maximum atomic E-state index is 12.7. The monoisotopic (exact) mass is 334 g/mol. The molecule has 1 N–H and O–H groups in total. The number of hydrogen-bond acceptors (Lipinski definition) is 3. The van der Waals surface area contributed by atoms with E-state index in [0.29, 0.717) is 25.6 Å². The Hall–Kier alpha value is -1.88. The Bertz CT molecular complexity index is 526. The molecule has 134 valence electrons. The second-order valence-electron chi connectivity index (χ2n) is 6.59. The SMILES string of the molecule is COCCN(CC(C)C)C(=O)CC(NC(C)=O)c1ccc(C)cc1. The van der Waals surface area contributed by atoms with E-state index in [9.17, 15) is 9.59 Å². The molecule has 24 heavy (non-hydrogen) atoms. The van der Waals surface area contributed by atoms with Gasteiger partial charge in [0.25, 0.3) is 0 Å². The highest BCUT2D eigenvalue weighted by atomic mass is 16.5. The zero-order valence-corrected chi connectivity index (χ0v) is 15.5. The zero-order valence-electron chi connectivity index (χ0n) is 15.5. The lowest BCUT2D eigenvalue weighted by molar-refractivity contribution is -0.133. The second-order valence-corrected chi connectivity index (χ2v) is 6.59. The van der Waals surface area contributed by atoms with Crippen LogP contribution < -0.4 is 5.32 Å². The molecular weight excluding hydrogens is 304 g/mol. The van der Waals surface area contributed by atoms with Crippen LogP contribution >= 0.6 is 0 Å². The van der Waals surface area contributed by atoms with Gasteiger partial charge in [-0.05, 0) is 18.4 Å². The minimum Gasteiger partial charge on any atom is -0.383 e. The molecule has 1 aromatic carbocycles. The van der Waals surface area contributed by atoms with Crippen molar-refractivity contribution in [2.45, 2.75) is 40.2 Å². The Labute approximate surface area is 145 Å². The number of amides is 2. The lowest BCUT2D eigenvalue weighted by Gasteiger charge is -2.27. The summed E-state index contributed by atoms with van der Waals surface area (Å²) in [5.41, 5.74) is 2.09. The lowest BCUT2D eigenvalue weighted by Crippen LogP contribution is -2.39. The van der Waals surface area contributed by atoms with Gasteiger partial charge in [0.15, 0.2) is 0 Å². The number of nitrogens with zero attached hydrogens (tertiary/aromatic N) is 1. The van der Waals surface area contributed by atoms with Crippen molar-refractivity contribution < 1.29 is 14.3 Å². The Morgan fingerprint density at radius 3 is 2.33 bits per heavy atom. The van der Waals surface area contributed by atoms with Crippen LogP contribution in [-0.2, 0) is 14.3 Å². The van der Waals surface area contributed by atoms with Crippen LogP contribution in [-0.4, -0.2) is 43.5 Å². The third-order valence-corrected chi connectivity index (χ3v) is 3.74. The quantitative estimate of drug-likeness (QED) is 0.755. The van der Waals surface area contributed by atoms with Gasteiger partial charge in [0.1, 0.15) is 0 Å². The van der Waals surface area contributed by atoms with Crippen molar-refractivity contribution in [2.75, 3.05) is 26.8 Å². The molecule has 0 aromatic heterocycles. The normalized spacial score (nSPS) is 12.1. The fourth-order valence-electron chi connectivity index (χ4n) is 2.56. The molecule has 1 unspecified atom stereocenters. The van der Waals surface area contributed by atoms with Crippen molar-refractivity contribution in [1.82, 2.24) is 10.2 Å². The third-order valence-electron chi connectivity index (χ3n) is 3.74. The van der Waals surface area contributed by atoms with Gasteiger partial charge < -0.3 is 15.0 Å². The van der Waals surface area contributed by atoms with Crippen molar-refractivity contribution >= 4 is 11.8 Å². The third kappa shape index (κ3) is 7.13. The van der Waals surface area contributed by atoms with Crippen LogP contribution in [0.1, 0.15) is 44.4 Å². The van der Waals surface area contributed by atoms with Gasteiger partial charge in [-0.15, -0.1) is 0 Å². The molecular formula is C19H30N2O3. The molecule has 1 rings (SSSR count). The van der Waals surface area contributed by atoms with Crippen LogP contribution in [0.3, 0.4) is 0 Å². The first-order valence-corrected chi connectivity index (χ1v) is 8.43. The summed E-state index contributed by atoms with van der Waals surface area (Å²) in [5.74, 6) is 0.269. The molecule has 0 heterocycles. The van der Waals surface area contributed by atoms with Gasteiger partial charge in [-0.2, -0.15) is 0 Å². The fraction of sp³-hybridized carbons (Fsp3) is 0.579. The molecule has 0 saturated carbocycles. The average molecular weight is 334 g/mol. The van der Waals surface area contributed by atoms with Crippen LogP contribution in [0.5, 0.6) is 0 Å². The van der Waals surface area contributed by atoms with E-state index >= 15 is 0 Å². The highest BCUT2D eigenvalue weighted by Crippen LogP contribution is 2.19. The minimum atomic E-state index is -0.312. The molecule has 0 saturated heterocycles. The number of ether oxygens (including phenoxy) is 1. The second kappa shape index (κ2) is 10.1. The van der Waals surface area contributed by atoms with E-state index in [-0.39, 0.29) is 24.3 Å². The largest absolute Gasteiger partial charge is 0.383 e. The smallest absolute Gasteiger partial charge is 0.225 e. The van der Waals surface area contributed by atoms with Crippen molar-refractivity contribution in [3.8, 4) is 0 Å². The first-order valence-electron chi connectivity index (χ1n) is 8.43. The fourth-order valence-corrected chi connectivity index (χ4v) is 2.56. The van der Waals surface area contributed by atoms with Gasteiger partial charge in [-0.3, -0.25) is 9.59 Å². The number of hydrogen-bond donors (Lipinski definition) is 1. The molecule has 0 aliphatic carbocycles. The minimum absolute atomic E-state index is 0.0278. The Morgan fingerprint density at radius 2 is 1.83 bits per heavy atom. The molecule has 5 nitrogen and oxygen atoms in total. The van der Waals surface area contributed by atoms with Crippen LogP contribution in [0.4, 0.5) is 0 Å². The van der Waals surface area contributed by atoms with Crippen LogP contribution in [0.25, 0.3) is 0 Å². The summed E-state index contributed by atoms with van der Waals surface area (Å²) in [6, 6.07) is 7.60. The number of nitrogens with one attached hydrogen (secondary N) is 1. The molecule has 0 aliphatic heterocycles. The Morgan fingerprint density at radius 1 is 1.21 bits per heavy atom. The summed E-state index contributed by atoms with van der Waals surface area (Å²) in [6.45, 7) is 9.40. The molecule has 1 aromatic rings. The molecule has 0 radical (unpaired) electrons. The van der Waals surface area contributed by atoms with Crippen LogP contribution in [0, 0.1) is 12.8 Å². The Kier molecular flexibility index (Phi) is 8.47. The highest BCUT2D eigenvalue weighted by Gasteiger charge is 2.21. The Balaban J connectivity index is 2.87. The topological polar surface area (TPSA) is 58.6 Å². The van der Waals surface area contributed by atoms with Crippen LogP contribution in [0.15, 0.2) is 24.3 Å². The summed E-state index contributed by atoms with van der Waals surface area (Å²) >= 11 is 0. The molecule has 0 bridgehead atoms. The van der Waals surface area contributed by atoms with Crippen LogP contribution in [0.2, 0.25) is 0 Å². The van der Waals surface area contributed by atoms with E-state index in [1.165, 1.54) is 6.92 Å². The zero-order chi connectivity index (χ0) is 18.1. The lowest BCUT2D eigenvalue weighted by atomic mass is 10.0. The van der Waals surface area contributed by atoms with Crippen molar-refractivity contribution in [1.29, 1.82) is 0 Å².